The molecule has 1 atom stereocenters. The summed E-state index contributed by atoms with van der Waals surface area (Å²) in [5.41, 5.74) is 0. The van der Waals surface area contributed by atoms with Crippen molar-refractivity contribution >= 4 is 17.7 Å². The van der Waals surface area contributed by atoms with E-state index in [1.165, 1.54) is 37.9 Å². The zero-order valence-corrected chi connectivity index (χ0v) is 11.5. The highest BCUT2D eigenvalue weighted by atomic mass is 32.2. The largest absolute Gasteiger partial charge is 0.356 e. The summed E-state index contributed by atoms with van der Waals surface area (Å²) in [6.07, 6.45) is 10.6. The minimum absolute atomic E-state index is 0.782. The number of aromatic nitrogens is 2. The Morgan fingerprint density at radius 3 is 3.24 bits per heavy atom. The maximum Gasteiger partial charge on any atom is 0.202 e. The van der Waals surface area contributed by atoms with Gasteiger partial charge < -0.3 is 9.88 Å². The van der Waals surface area contributed by atoms with Crippen LogP contribution in [0.15, 0.2) is 12.4 Å². The normalized spacial score (nSPS) is 20.4. The van der Waals surface area contributed by atoms with Crippen LogP contribution in [0.5, 0.6) is 0 Å². The second-order valence-corrected chi connectivity index (χ2v) is 6.08. The smallest absolute Gasteiger partial charge is 0.202 e. The maximum atomic E-state index is 4.40. The second kappa shape index (κ2) is 6.94. The number of unbranched alkanes of at least 4 members (excludes halogenated alkanes) is 1. The topological polar surface area (TPSA) is 29.9 Å². The van der Waals surface area contributed by atoms with Crippen molar-refractivity contribution in [2.24, 2.45) is 0 Å². The van der Waals surface area contributed by atoms with Gasteiger partial charge in [-0.3, -0.25) is 0 Å². The van der Waals surface area contributed by atoms with E-state index in [1.54, 1.807) is 0 Å². The van der Waals surface area contributed by atoms with E-state index >= 15 is 0 Å². The van der Waals surface area contributed by atoms with Crippen LogP contribution < -0.4 is 5.32 Å². The number of anilines is 1. The number of rotatable bonds is 6. The molecule has 1 aromatic rings. The van der Waals surface area contributed by atoms with Gasteiger partial charge in [0.2, 0.25) is 5.95 Å². The molecule has 4 heteroatoms. The van der Waals surface area contributed by atoms with Gasteiger partial charge in [-0.2, -0.15) is 11.8 Å². The molecule has 0 bridgehead atoms. The molecule has 0 aliphatic carbocycles. The molecule has 0 saturated carbocycles. The fourth-order valence-corrected chi connectivity index (χ4v) is 3.47. The second-order valence-electron chi connectivity index (χ2n) is 4.67. The Kier molecular flexibility index (Phi) is 5.23. The molecule has 17 heavy (non-hydrogen) atoms. The summed E-state index contributed by atoms with van der Waals surface area (Å²) >= 11 is 2.12. The zero-order valence-electron chi connectivity index (χ0n) is 10.7. The van der Waals surface area contributed by atoms with Crippen LogP contribution in [-0.2, 0) is 6.54 Å². The number of thioether (sulfide) groups is 1. The van der Waals surface area contributed by atoms with Crippen molar-refractivity contribution in [1.82, 2.24) is 9.55 Å². The predicted octanol–water partition coefficient (Wildman–Crippen LogP) is 3.38. The highest BCUT2D eigenvalue weighted by Crippen LogP contribution is 2.26. The molecule has 1 unspecified atom stereocenters. The molecule has 2 rings (SSSR count). The van der Waals surface area contributed by atoms with E-state index in [-0.39, 0.29) is 0 Å². The first kappa shape index (κ1) is 12.8. The van der Waals surface area contributed by atoms with Gasteiger partial charge in [-0.05, 0) is 25.0 Å². The molecule has 1 fully saturated rings. The van der Waals surface area contributed by atoms with E-state index in [9.17, 15) is 0 Å². The molecule has 1 saturated heterocycles. The first-order chi connectivity index (χ1) is 8.40. The lowest BCUT2D eigenvalue weighted by Gasteiger charge is -2.22. The average Bonchev–Trinajstić information content (AvgIpc) is 2.79. The Morgan fingerprint density at radius 2 is 2.47 bits per heavy atom. The number of hydrogen-bond acceptors (Lipinski definition) is 3. The summed E-state index contributed by atoms with van der Waals surface area (Å²) in [7, 11) is 0. The summed E-state index contributed by atoms with van der Waals surface area (Å²) in [5, 5.41) is 4.21. The van der Waals surface area contributed by atoms with Crippen LogP contribution >= 0.6 is 11.8 Å². The van der Waals surface area contributed by atoms with Gasteiger partial charge in [-0.15, -0.1) is 0 Å². The Labute approximate surface area is 108 Å². The van der Waals surface area contributed by atoms with Crippen LogP contribution in [0.1, 0.15) is 39.0 Å². The van der Waals surface area contributed by atoms with Gasteiger partial charge in [-0.1, -0.05) is 19.8 Å². The molecule has 0 aromatic carbocycles. The Hall–Kier alpha value is -0.640. The minimum Gasteiger partial charge on any atom is -0.356 e. The van der Waals surface area contributed by atoms with Gasteiger partial charge in [0.1, 0.15) is 0 Å². The number of nitrogens with one attached hydrogen (secondary N) is 1. The van der Waals surface area contributed by atoms with Crippen LogP contribution in [0, 0.1) is 0 Å². The summed E-state index contributed by atoms with van der Waals surface area (Å²) in [5.74, 6) is 2.38. The molecule has 2 heterocycles. The third-order valence-corrected chi connectivity index (χ3v) is 4.58. The van der Waals surface area contributed by atoms with Crippen molar-refractivity contribution in [3.8, 4) is 0 Å². The highest BCUT2D eigenvalue weighted by Gasteiger charge is 2.15. The maximum absolute atomic E-state index is 4.40. The van der Waals surface area contributed by atoms with Crippen molar-refractivity contribution < 1.29 is 0 Å². The van der Waals surface area contributed by atoms with E-state index in [0.717, 1.165) is 24.3 Å². The Balaban J connectivity index is 1.84. The third-order valence-electron chi connectivity index (χ3n) is 3.20. The molecule has 1 aliphatic heterocycles. The zero-order chi connectivity index (χ0) is 11.9. The minimum atomic E-state index is 0.782. The summed E-state index contributed by atoms with van der Waals surface area (Å²) in [6, 6.07) is 0. The van der Waals surface area contributed by atoms with Crippen LogP contribution in [0.4, 0.5) is 5.95 Å². The van der Waals surface area contributed by atoms with Crippen LogP contribution in [-0.4, -0.2) is 27.1 Å². The van der Waals surface area contributed by atoms with E-state index in [0.29, 0.717) is 0 Å². The van der Waals surface area contributed by atoms with Crippen molar-refractivity contribution in [3.63, 3.8) is 0 Å². The van der Waals surface area contributed by atoms with E-state index < -0.39 is 0 Å². The lowest BCUT2D eigenvalue weighted by atomic mass is 10.2. The van der Waals surface area contributed by atoms with Crippen LogP contribution in [0.25, 0.3) is 0 Å². The fourth-order valence-electron chi connectivity index (χ4n) is 2.17. The Bertz CT molecular complexity index is 318. The van der Waals surface area contributed by atoms with Gasteiger partial charge in [-0.25, -0.2) is 4.98 Å². The molecular formula is C13H23N3S. The van der Waals surface area contributed by atoms with Gasteiger partial charge >= 0.3 is 0 Å². The van der Waals surface area contributed by atoms with E-state index in [2.05, 4.69) is 39.8 Å². The molecular weight excluding hydrogens is 230 g/mol. The van der Waals surface area contributed by atoms with Crippen LogP contribution in [0.2, 0.25) is 0 Å². The van der Waals surface area contributed by atoms with E-state index in [4.69, 9.17) is 0 Å². The number of nitrogens with zero attached hydrogens (tertiary/aromatic N) is 2. The first-order valence-electron chi connectivity index (χ1n) is 6.76. The molecule has 1 aliphatic rings. The lowest BCUT2D eigenvalue weighted by molar-refractivity contribution is 0.585. The summed E-state index contributed by atoms with van der Waals surface area (Å²) in [4.78, 5) is 4.40. The summed E-state index contributed by atoms with van der Waals surface area (Å²) in [6.45, 7) is 4.36. The van der Waals surface area contributed by atoms with Gasteiger partial charge in [0.05, 0.1) is 0 Å². The highest BCUT2D eigenvalue weighted by molar-refractivity contribution is 7.99. The van der Waals surface area contributed by atoms with Crippen molar-refractivity contribution in [2.75, 3.05) is 17.6 Å². The predicted molar refractivity (Wildman–Crippen MR) is 75.7 cm³/mol. The molecule has 0 spiro atoms. The third kappa shape index (κ3) is 3.95. The lowest BCUT2D eigenvalue weighted by Crippen LogP contribution is -2.18. The van der Waals surface area contributed by atoms with E-state index in [1.807, 2.05) is 6.20 Å². The monoisotopic (exact) mass is 253 g/mol. The van der Waals surface area contributed by atoms with Crippen molar-refractivity contribution in [3.05, 3.63) is 12.4 Å². The fraction of sp³-hybridized carbons (Fsp3) is 0.769. The summed E-state index contributed by atoms with van der Waals surface area (Å²) < 4.78 is 2.28. The van der Waals surface area contributed by atoms with Crippen molar-refractivity contribution in [2.45, 2.75) is 50.8 Å². The number of imidazole rings is 1. The molecule has 0 radical (unpaired) electrons. The Morgan fingerprint density at radius 1 is 1.53 bits per heavy atom. The molecule has 1 aromatic heterocycles. The van der Waals surface area contributed by atoms with Gasteiger partial charge in [0, 0.05) is 30.7 Å². The van der Waals surface area contributed by atoms with Gasteiger partial charge in [0.15, 0.2) is 0 Å². The first-order valence-corrected chi connectivity index (χ1v) is 7.81. The van der Waals surface area contributed by atoms with Crippen LogP contribution in [0.3, 0.4) is 0 Å². The van der Waals surface area contributed by atoms with Crippen molar-refractivity contribution in [1.29, 1.82) is 0 Å². The molecule has 1 N–H and O–H groups in total. The number of hydrogen-bond donors (Lipinski definition) is 1. The van der Waals surface area contributed by atoms with Gasteiger partial charge in [0.25, 0.3) is 0 Å². The standard InChI is InChI=1S/C13H23N3S/c1-2-3-7-14-13-15-8-9-16(13)11-12-6-4-5-10-17-12/h8-9,12H,2-7,10-11H2,1H3,(H,14,15). The molecule has 96 valence electrons. The quantitative estimate of drug-likeness (QED) is 0.788. The average molecular weight is 253 g/mol. The molecule has 0 amide bonds. The SMILES string of the molecule is CCCCNc1nccn1CC1CCCCS1. The molecule has 3 nitrogen and oxygen atoms in total.